The van der Waals surface area contributed by atoms with Gasteiger partial charge in [0, 0.05) is 13.0 Å². The zero-order chi connectivity index (χ0) is 35.1. The van der Waals surface area contributed by atoms with E-state index in [0.29, 0.717) is 19.6 Å². The van der Waals surface area contributed by atoms with E-state index in [2.05, 4.69) is 82.6 Å². The van der Waals surface area contributed by atoms with Gasteiger partial charge in [0.25, 0.3) is 5.56 Å². The fourth-order valence-corrected chi connectivity index (χ4v) is 18.7. The molecule has 0 radical (unpaired) electrons. The molecule has 2 N–H and O–H groups in total. The second-order valence-corrected chi connectivity index (χ2v) is 24.0. The van der Waals surface area contributed by atoms with Gasteiger partial charge < -0.3 is 23.0 Å². The highest BCUT2D eigenvalue weighted by Gasteiger charge is 2.60. The van der Waals surface area contributed by atoms with Gasteiger partial charge in [0.1, 0.15) is 17.8 Å². The number of imidazole rings is 1. The molecule has 2 saturated heterocycles. The zero-order valence-corrected chi connectivity index (χ0v) is 33.1. The first kappa shape index (κ1) is 38.9. The summed E-state index contributed by atoms with van der Waals surface area (Å²) in [6.45, 7) is 20.8. The summed E-state index contributed by atoms with van der Waals surface area (Å²) in [5, 5.41) is 3.16. The Morgan fingerprint density at radius 2 is 1.44 bits per heavy atom. The molecule has 0 unspecified atom stereocenters. The number of hydrogen-bond donors (Lipinski definition) is 2. The molecule has 2 aromatic rings. The van der Waals surface area contributed by atoms with Gasteiger partial charge in [0.15, 0.2) is 5.52 Å². The van der Waals surface area contributed by atoms with E-state index in [-0.39, 0.29) is 51.4 Å². The molecule has 0 spiro atoms. The summed E-state index contributed by atoms with van der Waals surface area (Å²) < 4.78 is 29.6. The van der Waals surface area contributed by atoms with Crippen molar-refractivity contribution < 1.29 is 17.7 Å². The summed E-state index contributed by atoms with van der Waals surface area (Å²) >= 11 is 0. The molecule has 0 amide bonds. The monoisotopic (exact) mass is 705 g/mol. The van der Waals surface area contributed by atoms with E-state index in [1.54, 1.807) is 4.57 Å². The van der Waals surface area contributed by atoms with Crippen LogP contribution in [0.5, 0.6) is 0 Å². The van der Waals surface area contributed by atoms with E-state index in [9.17, 15) is 9.59 Å². The highest BCUT2D eigenvalue weighted by atomic mass is 28.5. The minimum Gasteiger partial charge on any atom is -0.414 e. The lowest BCUT2D eigenvalue weighted by molar-refractivity contribution is -0.0543. The Morgan fingerprint density at radius 1 is 0.854 bits per heavy atom. The van der Waals surface area contributed by atoms with Crippen LogP contribution in [-0.4, -0.2) is 62.0 Å². The quantitative estimate of drug-likeness (QED) is 0.124. The van der Waals surface area contributed by atoms with E-state index in [4.69, 9.17) is 17.7 Å². The number of anilines is 1. The fourth-order valence-electron chi connectivity index (χ4n) is 7.52. The number of nitrogens with one attached hydrogen (secondary N) is 2. The lowest BCUT2D eigenvalue weighted by Gasteiger charge is -2.51. The molecule has 2 aliphatic rings. The molecule has 13 heteroatoms. The van der Waals surface area contributed by atoms with Crippen molar-refractivity contribution in [1.29, 1.82) is 0 Å². The van der Waals surface area contributed by atoms with E-state index < -0.39 is 34.5 Å². The second kappa shape index (κ2) is 17.3. The maximum Gasteiger partial charge on any atom is 0.335 e. The van der Waals surface area contributed by atoms with Crippen molar-refractivity contribution >= 4 is 34.1 Å². The largest absolute Gasteiger partial charge is 0.414 e. The summed E-state index contributed by atoms with van der Waals surface area (Å²) in [6, 6.07) is 0. The Morgan fingerprint density at radius 3 is 2.02 bits per heavy atom. The Hall–Kier alpha value is -1.91. The Kier molecular flexibility index (Phi) is 14.1. The zero-order valence-electron chi connectivity index (χ0n) is 31.1. The third kappa shape index (κ3) is 8.69. The van der Waals surface area contributed by atoms with Crippen LogP contribution in [0.15, 0.2) is 15.9 Å². The SMILES string of the molecule is CCCCCCCCCCCCNc1nc(=O)c2ncn([C@H]3C[C@@H]4O[Si](C(C)C)(C(C)C)O[Si](C(C)C)(C(C)C)OC[C@H]4O3)c2c(=O)[nH]1. The van der Waals surface area contributed by atoms with Gasteiger partial charge >= 0.3 is 22.7 Å². The molecule has 0 bridgehead atoms. The normalized spacial score (nSPS) is 22.5. The smallest absolute Gasteiger partial charge is 0.335 e. The number of rotatable bonds is 17. The summed E-state index contributed by atoms with van der Waals surface area (Å²) in [6.07, 6.45) is 13.2. The van der Waals surface area contributed by atoms with Crippen LogP contribution >= 0.6 is 0 Å². The first-order valence-electron chi connectivity index (χ1n) is 18.8. The maximum atomic E-state index is 13.6. The average molecular weight is 706 g/mol. The molecule has 48 heavy (non-hydrogen) atoms. The van der Waals surface area contributed by atoms with Crippen LogP contribution in [-0.2, 0) is 17.7 Å². The molecule has 2 aliphatic heterocycles. The third-order valence-corrected chi connectivity index (χ3v) is 20.6. The molecule has 0 aliphatic carbocycles. The topological polar surface area (TPSA) is 130 Å². The van der Waals surface area contributed by atoms with Crippen molar-refractivity contribution in [2.75, 3.05) is 18.5 Å². The molecule has 4 heterocycles. The Labute approximate surface area is 289 Å². The number of hydrogen-bond acceptors (Lipinski definition) is 9. The minimum absolute atomic E-state index is 0.0239. The van der Waals surface area contributed by atoms with E-state index in [1.165, 1.54) is 57.7 Å². The second-order valence-electron chi connectivity index (χ2n) is 15.2. The third-order valence-electron chi connectivity index (χ3n) is 10.3. The first-order chi connectivity index (χ1) is 22.9. The first-order valence-corrected chi connectivity index (χ1v) is 22.7. The molecule has 272 valence electrons. The van der Waals surface area contributed by atoms with Crippen molar-refractivity contribution in [3.63, 3.8) is 0 Å². The Balaban J connectivity index is 1.49. The van der Waals surface area contributed by atoms with Crippen molar-refractivity contribution in [1.82, 2.24) is 19.5 Å². The number of aromatic amines is 1. The van der Waals surface area contributed by atoms with Crippen LogP contribution in [0.25, 0.3) is 11.0 Å². The highest BCUT2D eigenvalue weighted by molar-refractivity contribution is 6.83. The van der Waals surface area contributed by atoms with Crippen LogP contribution in [0, 0.1) is 0 Å². The van der Waals surface area contributed by atoms with Crippen LogP contribution in [0.4, 0.5) is 5.95 Å². The van der Waals surface area contributed by atoms with Crippen LogP contribution in [0.3, 0.4) is 0 Å². The van der Waals surface area contributed by atoms with Crippen molar-refractivity contribution in [3.8, 4) is 0 Å². The van der Waals surface area contributed by atoms with E-state index >= 15 is 0 Å². The highest BCUT2D eigenvalue weighted by Crippen LogP contribution is 2.48. The van der Waals surface area contributed by atoms with Gasteiger partial charge in [-0.1, -0.05) is 120 Å². The van der Waals surface area contributed by atoms with Crippen molar-refractivity contribution in [2.45, 2.75) is 174 Å². The van der Waals surface area contributed by atoms with Gasteiger partial charge in [0.2, 0.25) is 5.95 Å². The standard InChI is InChI=1S/C35H63N5O6Si2/c1-10-11-12-13-14-15-16-17-18-19-20-36-35-38-33(41)31-32(34(42)39-35)40(23-37-31)30-21-28-29(44-30)22-43-47(24(2)3,25(4)5)46-48(45-28,26(6)7)27(8)9/h23-30H,10-22H2,1-9H3,(H2,36,38,39,41,42)/t28-,29+,30+/m0/s1. The van der Waals surface area contributed by atoms with Crippen LogP contribution in [0.1, 0.15) is 139 Å². The molecule has 0 aromatic carbocycles. The van der Waals surface area contributed by atoms with Gasteiger partial charge in [-0.05, 0) is 28.6 Å². The predicted molar refractivity (Wildman–Crippen MR) is 197 cm³/mol. The number of nitrogens with zero attached hydrogens (tertiary/aromatic N) is 3. The Bertz CT molecular complexity index is 1410. The number of aromatic nitrogens is 4. The molecule has 0 saturated carbocycles. The van der Waals surface area contributed by atoms with Gasteiger partial charge in [-0.2, -0.15) is 4.98 Å². The fraction of sp³-hybridized carbons (Fsp3) is 0.829. The number of ether oxygens (including phenoxy) is 1. The number of fused-ring (bicyclic) bond motifs is 2. The molecular weight excluding hydrogens is 643 g/mol. The number of H-pyrrole nitrogens is 1. The summed E-state index contributed by atoms with van der Waals surface area (Å²) in [5.41, 5.74) is 0.0308. The lowest BCUT2D eigenvalue weighted by Crippen LogP contribution is -2.65. The molecule has 2 fully saturated rings. The minimum atomic E-state index is -2.81. The molecule has 2 aromatic heterocycles. The lowest BCUT2D eigenvalue weighted by atomic mass is 10.1. The van der Waals surface area contributed by atoms with E-state index in [1.807, 2.05) is 0 Å². The molecular formula is C35H63N5O6Si2. The number of unbranched alkanes of at least 4 members (excludes halogenated alkanes) is 9. The van der Waals surface area contributed by atoms with Crippen LogP contribution in [0.2, 0.25) is 22.2 Å². The van der Waals surface area contributed by atoms with Crippen molar-refractivity contribution in [2.24, 2.45) is 0 Å². The maximum absolute atomic E-state index is 13.6. The van der Waals surface area contributed by atoms with Gasteiger partial charge in [0.05, 0.1) is 19.0 Å². The summed E-state index contributed by atoms with van der Waals surface area (Å²) in [4.78, 5) is 38.1. The van der Waals surface area contributed by atoms with Gasteiger partial charge in [-0.15, -0.1) is 0 Å². The predicted octanol–water partition coefficient (Wildman–Crippen LogP) is 8.06. The summed E-state index contributed by atoms with van der Waals surface area (Å²) in [5.74, 6) is 0.168. The van der Waals surface area contributed by atoms with Crippen molar-refractivity contribution in [3.05, 3.63) is 27.0 Å². The van der Waals surface area contributed by atoms with E-state index in [0.717, 1.165) is 12.8 Å². The molecule has 3 atom stereocenters. The average Bonchev–Trinajstić information content (AvgIpc) is 3.60. The van der Waals surface area contributed by atoms with Gasteiger partial charge in [-0.3, -0.25) is 19.1 Å². The van der Waals surface area contributed by atoms with Crippen LogP contribution < -0.4 is 16.4 Å². The van der Waals surface area contributed by atoms with Gasteiger partial charge in [-0.25, -0.2) is 4.98 Å². The molecule has 11 nitrogen and oxygen atoms in total. The molecule has 4 rings (SSSR count). The summed E-state index contributed by atoms with van der Waals surface area (Å²) in [7, 11) is -5.52.